The first-order chi connectivity index (χ1) is 9.04. The number of nitrogens with zero attached hydrogens (tertiary/aromatic N) is 1. The largest absolute Gasteiger partial charge is 0.480 e. The minimum absolute atomic E-state index is 0.0802. The minimum atomic E-state index is -0.889. The Balaban J connectivity index is 2.37. The van der Waals surface area contributed by atoms with E-state index in [0.29, 0.717) is 25.6 Å². The molecule has 6 heteroatoms. The third-order valence-electron chi connectivity index (χ3n) is 3.28. The zero-order valence-corrected chi connectivity index (χ0v) is 11.7. The number of carbonyl (C=O) groups is 2. The van der Waals surface area contributed by atoms with E-state index < -0.39 is 12.0 Å². The maximum Gasteiger partial charge on any atom is 0.317 e. The van der Waals surface area contributed by atoms with Crippen LogP contribution in [0.5, 0.6) is 0 Å². The van der Waals surface area contributed by atoms with Crippen LogP contribution in [-0.2, 0) is 14.3 Å². The number of aliphatic carboxylic acids is 1. The average molecular weight is 272 g/mol. The maximum absolute atomic E-state index is 11.9. The van der Waals surface area contributed by atoms with Gasteiger partial charge in [-0.2, -0.15) is 0 Å². The highest BCUT2D eigenvalue weighted by Crippen LogP contribution is 2.30. The van der Waals surface area contributed by atoms with Gasteiger partial charge in [-0.25, -0.2) is 0 Å². The van der Waals surface area contributed by atoms with E-state index in [0.717, 1.165) is 19.3 Å². The zero-order chi connectivity index (χ0) is 14.3. The molecule has 0 spiro atoms. The van der Waals surface area contributed by atoms with Gasteiger partial charge in [0.05, 0.1) is 12.6 Å². The molecule has 1 saturated carbocycles. The van der Waals surface area contributed by atoms with E-state index in [1.807, 2.05) is 0 Å². The molecule has 1 aliphatic carbocycles. The average Bonchev–Trinajstić information content (AvgIpc) is 3.16. The molecule has 0 bridgehead atoms. The Labute approximate surface area is 114 Å². The van der Waals surface area contributed by atoms with E-state index in [4.69, 9.17) is 9.84 Å². The van der Waals surface area contributed by atoms with E-state index >= 15 is 0 Å². The lowest BCUT2D eigenvalue weighted by Gasteiger charge is -2.26. The summed E-state index contributed by atoms with van der Waals surface area (Å²) >= 11 is 0. The summed E-state index contributed by atoms with van der Waals surface area (Å²) in [4.78, 5) is 24.5. The van der Waals surface area contributed by atoms with E-state index in [2.05, 4.69) is 5.32 Å². The van der Waals surface area contributed by atoms with Crippen LogP contribution in [0.2, 0.25) is 0 Å². The van der Waals surface area contributed by atoms with E-state index in [1.165, 1.54) is 0 Å². The second-order valence-electron chi connectivity index (χ2n) is 5.08. The Kier molecular flexibility index (Phi) is 6.80. The van der Waals surface area contributed by atoms with Gasteiger partial charge in [-0.1, -0.05) is 0 Å². The first-order valence-electron chi connectivity index (χ1n) is 6.77. The van der Waals surface area contributed by atoms with Gasteiger partial charge in [0, 0.05) is 26.8 Å². The van der Waals surface area contributed by atoms with Crippen molar-refractivity contribution in [2.45, 2.75) is 32.2 Å². The molecular weight excluding hydrogens is 248 g/mol. The van der Waals surface area contributed by atoms with E-state index in [9.17, 15) is 9.59 Å². The summed E-state index contributed by atoms with van der Waals surface area (Å²) in [6.45, 7) is 3.54. The van der Waals surface area contributed by atoms with Crippen LogP contribution in [-0.4, -0.2) is 61.3 Å². The summed E-state index contributed by atoms with van der Waals surface area (Å²) in [6.07, 6.45) is 3.03. The van der Waals surface area contributed by atoms with Crippen molar-refractivity contribution in [3.05, 3.63) is 0 Å². The Hall–Kier alpha value is -1.14. The molecule has 19 heavy (non-hydrogen) atoms. The number of methoxy groups -OCH3 is 1. The topological polar surface area (TPSA) is 78.9 Å². The van der Waals surface area contributed by atoms with Crippen molar-refractivity contribution < 1.29 is 19.4 Å². The van der Waals surface area contributed by atoms with E-state index in [1.54, 1.807) is 18.9 Å². The molecule has 1 atom stereocenters. The molecule has 0 aromatic heterocycles. The molecule has 1 unspecified atom stereocenters. The molecular formula is C13H24N2O4. The second kappa shape index (κ2) is 8.12. The third-order valence-corrected chi connectivity index (χ3v) is 3.28. The number of carboxylic acid groups (broad SMARTS) is 1. The van der Waals surface area contributed by atoms with Gasteiger partial charge in [0.1, 0.15) is 0 Å². The molecule has 6 nitrogen and oxygen atoms in total. The first-order valence-corrected chi connectivity index (χ1v) is 6.77. The fourth-order valence-electron chi connectivity index (χ4n) is 1.91. The number of carbonyl (C=O) groups excluding carboxylic acids is 1. The summed E-state index contributed by atoms with van der Waals surface area (Å²) in [6, 6.07) is -0.403. The van der Waals surface area contributed by atoms with Crippen LogP contribution in [0.15, 0.2) is 0 Å². The standard InChI is InChI=1S/C13H24N2O4/c1-10(13(18)14-6-3-7-19-2)15(9-12(16)17)8-11-4-5-11/h10-11H,3-9H2,1-2H3,(H,14,18)(H,16,17). The number of hydrogen-bond donors (Lipinski definition) is 2. The van der Waals surface area contributed by atoms with Crippen LogP contribution >= 0.6 is 0 Å². The van der Waals surface area contributed by atoms with Gasteiger partial charge in [0.25, 0.3) is 0 Å². The summed E-state index contributed by atoms with van der Waals surface area (Å²) in [7, 11) is 1.62. The third kappa shape index (κ3) is 6.54. The molecule has 1 aliphatic rings. The van der Waals surface area contributed by atoms with Crippen molar-refractivity contribution >= 4 is 11.9 Å². The normalized spacial score (nSPS) is 16.4. The quantitative estimate of drug-likeness (QED) is 0.560. The number of carboxylic acids is 1. The zero-order valence-electron chi connectivity index (χ0n) is 11.7. The number of hydrogen-bond acceptors (Lipinski definition) is 4. The second-order valence-corrected chi connectivity index (χ2v) is 5.08. The van der Waals surface area contributed by atoms with Crippen molar-refractivity contribution in [1.29, 1.82) is 0 Å². The van der Waals surface area contributed by atoms with Crippen LogP contribution in [0.25, 0.3) is 0 Å². The van der Waals surface area contributed by atoms with Gasteiger partial charge >= 0.3 is 5.97 Å². The lowest BCUT2D eigenvalue weighted by molar-refractivity contribution is -0.140. The van der Waals surface area contributed by atoms with Gasteiger partial charge in [-0.15, -0.1) is 0 Å². The molecule has 0 aliphatic heterocycles. The van der Waals surface area contributed by atoms with Gasteiger partial charge in [-0.05, 0) is 32.1 Å². The lowest BCUT2D eigenvalue weighted by atomic mass is 10.2. The highest BCUT2D eigenvalue weighted by Gasteiger charge is 2.30. The predicted octanol–water partition coefficient (Wildman–Crippen LogP) is 0.324. The summed E-state index contributed by atoms with van der Waals surface area (Å²) in [5.41, 5.74) is 0. The van der Waals surface area contributed by atoms with Crippen molar-refractivity contribution in [3.8, 4) is 0 Å². The fourth-order valence-corrected chi connectivity index (χ4v) is 1.91. The molecule has 0 heterocycles. The Bertz CT molecular complexity index is 305. The SMILES string of the molecule is COCCCNC(=O)C(C)N(CC(=O)O)CC1CC1. The van der Waals surface area contributed by atoms with Gasteiger partial charge in [0.2, 0.25) is 5.91 Å². The predicted molar refractivity (Wildman–Crippen MR) is 70.9 cm³/mol. The highest BCUT2D eigenvalue weighted by molar-refractivity contribution is 5.82. The van der Waals surface area contributed by atoms with Crippen LogP contribution in [0.3, 0.4) is 0 Å². The lowest BCUT2D eigenvalue weighted by Crippen LogP contribution is -2.48. The Morgan fingerprint density at radius 1 is 1.47 bits per heavy atom. The van der Waals surface area contributed by atoms with Crippen LogP contribution < -0.4 is 5.32 Å². The fraction of sp³-hybridized carbons (Fsp3) is 0.846. The summed E-state index contributed by atoms with van der Waals surface area (Å²) in [5, 5.41) is 11.7. The number of rotatable bonds is 10. The highest BCUT2D eigenvalue weighted by atomic mass is 16.5. The molecule has 2 N–H and O–H groups in total. The van der Waals surface area contributed by atoms with Gasteiger partial charge in [-0.3, -0.25) is 14.5 Å². The minimum Gasteiger partial charge on any atom is -0.480 e. The molecule has 0 aromatic carbocycles. The van der Waals surface area contributed by atoms with Crippen molar-refractivity contribution in [1.82, 2.24) is 10.2 Å². The number of amides is 1. The van der Waals surface area contributed by atoms with Crippen LogP contribution in [0, 0.1) is 5.92 Å². The molecule has 1 fully saturated rings. The molecule has 0 saturated heterocycles. The smallest absolute Gasteiger partial charge is 0.317 e. The molecule has 0 radical (unpaired) electrons. The van der Waals surface area contributed by atoms with Crippen molar-refractivity contribution in [3.63, 3.8) is 0 Å². The number of ether oxygens (including phenoxy) is 1. The number of nitrogens with one attached hydrogen (secondary N) is 1. The summed E-state index contributed by atoms with van der Waals surface area (Å²) < 4.78 is 4.91. The molecule has 1 amide bonds. The Morgan fingerprint density at radius 3 is 2.68 bits per heavy atom. The first kappa shape index (κ1) is 15.9. The van der Waals surface area contributed by atoms with Gasteiger partial charge < -0.3 is 15.2 Å². The van der Waals surface area contributed by atoms with Crippen molar-refractivity contribution in [2.75, 3.05) is 33.4 Å². The maximum atomic E-state index is 11.9. The van der Waals surface area contributed by atoms with Crippen LogP contribution in [0.4, 0.5) is 0 Å². The molecule has 1 rings (SSSR count). The van der Waals surface area contributed by atoms with Crippen LogP contribution in [0.1, 0.15) is 26.2 Å². The Morgan fingerprint density at radius 2 is 2.16 bits per heavy atom. The molecule has 110 valence electrons. The van der Waals surface area contributed by atoms with Crippen molar-refractivity contribution in [2.24, 2.45) is 5.92 Å². The molecule has 0 aromatic rings. The van der Waals surface area contributed by atoms with Gasteiger partial charge in [0.15, 0.2) is 0 Å². The summed E-state index contributed by atoms with van der Waals surface area (Å²) in [5.74, 6) is -0.444. The monoisotopic (exact) mass is 272 g/mol. The van der Waals surface area contributed by atoms with E-state index in [-0.39, 0.29) is 12.5 Å².